The number of nitrogens with one attached hydrogen (secondary N) is 1. The zero-order valence-corrected chi connectivity index (χ0v) is 10.9. The van der Waals surface area contributed by atoms with Gasteiger partial charge in [0, 0.05) is 16.8 Å². The molecule has 2 aromatic heterocycles. The number of carbonyl (C=O) groups is 1. The summed E-state index contributed by atoms with van der Waals surface area (Å²) in [6.45, 7) is 0.138. The van der Waals surface area contributed by atoms with Gasteiger partial charge in [-0.05, 0) is 29.5 Å². The quantitative estimate of drug-likeness (QED) is 0.737. The first kappa shape index (κ1) is 12.5. The summed E-state index contributed by atoms with van der Waals surface area (Å²) >= 11 is 5.79. The molecule has 0 saturated heterocycles. The van der Waals surface area contributed by atoms with E-state index in [2.05, 4.69) is 25.7 Å². The van der Waals surface area contributed by atoms with Crippen molar-refractivity contribution in [3.05, 3.63) is 47.2 Å². The number of H-pyrrole nitrogens is 1. The predicted octanol–water partition coefficient (Wildman–Crippen LogP) is 1.60. The number of carbonyl (C=O) groups excluding carboxylic acids is 1. The second kappa shape index (κ2) is 5.22. The van der Waals surface area contributed by atoms with Crippen LogP contribution in [0.3, 0.4) is 0 Å². The minimum atomic E-state index is -0.0515. The number of Topliss-reactive ketones (excluding diaryl/α,β-unsaturated/α-hetero) is 1. The molecule has 8 heteroatoms. The highest BCUT2D eigenvalue weighted by Crippen LogP contribution is 2.13. The number of benzene rings is 1. The van der Waals surface area contributed by atoms with Crippen LogP contribution in [-0.2, 0) is 6.54 Å². The number of tetrazole rings is 1. The van der Waals surface area contributed by atoms with E-state index in [0.717, 1.165) is 0 Å². The van der Waals surface area contributed by atoms with Crippen molar-refractivity contribution in [2.75, 3.05) is 0 Å². The minimum absolute atomic E-state index is 0.0515. The van der Waals surface area contributed by atoms with Gasteiger partial charge in [-0.3, -0.25) is 9.48 Å². The number of rotatable bonds is 4. The maximum atomic E-state index is 12.1. The van der Waals surface area contributed by atoms with Gasteiger partial charge >= 0.3 is 0 Å². The highest BCUT2D eigenvalue weighted by Gasteiger charge is 2.10. The lowest BCUT2D eigenvalue weighted by Crippen LogP contribution is -2.10. The van der Waals surface area contributed by atoms with E-state index >= 15 is 0 Å². The Kier molecular flexibility index (Phi) is 3.26. The largest absolute Gasteiger partial charge is 0.292 e. The third-order valence-electron chi connectivity index (χ3n) is 2.71. The predicted molar refractivity (Wildman–Crippen MR) is 71.2 cm³/mol. The fourth-order valence-electron chi connectivity index (χ4n) is 1.72. The SMILES string of the molecule is O=C(Cn1cc(-c2nn[nH]n2)cn1)c1ccc(Cl)cc1. The van der Waals surface area contributed by atoms with Gasteiger partial charge in [-0.1, -0.05) is 11.6 Å². The molecule has 20 heavy (non-hydrogen) atoms. The van der Waals surface area contributed by atoms with E-state index in [1.165, 1.54) is 4.68 Å². The fourth-order valence-corrected chi connectivity index (χ4v) is 1.85. The molecule has 0 aliphatic carbocycles. The third-order valence-corrected chi connectivity index (χ3v) is 2.96. The number of hydrogen-bond donors (Lipinski definition) is 1. The molecule has 0 aliphatic heterocycles. The first-order valence-electron chi connectivity index (χ1n) is 5.77. The topological polar surface area (TPSA) is 89.4 Å². The van der Waals surface area contributed by atoms with Crippen molar-refractivity contribution in [3.8, 4) is 11.4 Å². The van der Waals surface area contributed by atoms with Gasteiger partial charge in [0.2, 0.25) is 5.82 Å². The van der Waals surface area contributed by atoms with Gasteiger partial charge in [0.1, 0.15) is 6.54 Å². The Labute approximate surface area is 118 Å². The van der Waals surface area contributed by atoms with Crippen molar-refractivity contribution in [2.45, 2.75) is 6.54 Å². The number of halogens is 1. The Morgan fingerprint density at radius 1 is 1.30 bits per heavy atom. The van der Waals surface area contributed by atoms with Crippen molar-refractivity contribution in [3.63, 3.8) is 0 Å². The minimum Gasteiger partial charge on any atom is -0.292 e. The van der Waals surface area contributed by atoms with Gasteiger partial charge in [-0.25, -0.2) is 0 Å². The monoisotopic (exact) mass is 288 g/mol. The Morgan fingerprint density at radius 3 is 2.80 bits per heavy atom. The van der Waals surface area contributed by atoms with E-state index < -0.39 is 0 Å². The van der Waals surface area contributed by atoms with Crippen molar-refractivity contribution < 1.29 is 4.79 Å². The molecule has 7 nitrogen and oxygen atoms in total. The summed E-state index contributed by atoms with van der Waals surface area (Å²) in [5.41, 5.74) is 1.29. The van der Waals surface area contributed by atoms with Crippen LogP contribution in [0.4, 0.5) is 0 Å². The van der Waals surface area contributed by atoms with Gasteiger partial charge in [0.25, 0.3) is 0 Å². The zero-order valence-electron chi connectivity index (χ0n) is 10.2. The fraction of sp³-hybridized carbons (Fsp3) is 0.0833. The molecule has 0 radical (unpaired) electrons. The van der Waals surface area contributed by atoms with Gasteiger partial charge in [-0.15, -0.1) is 10.2 Å². The first-order chi connectivity index (χ1) is 9.72. The molecule has 1 N–H and O–H groups in total. The molecular weight excluding hydrogens is 280 g/mol. The van der Waals surface area contributed by atoms with Crippen LogP contribution in [0.2, 0.25) is 5.02 Å². The molecule has 0 bridgehead atoms. The zero-order chi connectivity index (χ0) is 13.9. The average Bonchev–Trinajstić information content (AvgIpc) is 3.09. The van der Waals surface area contributed by atoms with Crippen LogP contribution >= 0.6 is 11.6 Å². The number of aromatic amines is 1. The molecule has 3 aromatic rings. The standard InChI is InChI=1S/C12H9ClN6O/c13-10-3-1-8(2-4-10)11(20)7-19-6-9(5-14-19)12-15-17-18-16-12/h1-6H,7H2,(H,15,16,17,18). The third kappa shape index (κ3) is 2.57. The number of nitrogens with zero attached hydrogens (tertiary/aromatic N) is 5. The molecule has 0 amide bonds. The molecule has 0 atom stereocenters. The number of ketones is 1. The lowest BCUT2D eigenvalue weighted by molar-refractivity contribution is 0.0968. The normalized spacial score (nSPS) is 10.7. The lowest BCUT2D eigenvalue weighted by Gasteiger charge is -2.01. The Bertz CT molecular complexity index is 719. The van der Waals surface area contributed by atoms with Crippen molar-refractivity contribution in [2.24, 2.45) is 0 Å². The second-order valence-corrected chi connectivity index (χ2v) is 4.53. The van der Waals surface area contributed by atoms with Crippen molar-refractivity contribution in [1.82, 2.24) is 30.4 Å². The molecular formula is C12H9ClN6O. The smallest absolute Gasteiger partial charge is 0.207 e. The number of aromatic nitrogens is 6. The average molecular weight is 289 g/mol. The second-order valence-electron chi connectivity index (χ2n) is 4.09. The van der Waals surface area contributed by atoms with Gasteiger partial charge < -0.3 is 0 Å². The molecule has 100 valence electrons. The molecule has 0 saturated carbocycles. The summed E-state index contributed by atoms with van der Waals surface area (Å²) in [7, 11) is 0. The van der Waals surface area contributed by atoms with E-state index in [-0.39, 0.29) is 12.3 Å². The number of hydrogen-bond acceptors (Lipinski definition) is 5. The van der Waals surface area contributed by atoms with Crippen LogP contribution < -0.4 is 0 Å². The lowest BCUT2D eigenvalue weighted by atomic mass is 10.1. The molecule has 0 aliphatic rings. The molecule has 0 spiro atoms. The van der Waals surface area contributed by atoms with Gasteiger partial charge in [0.05, 0.1) is 11.8 Å². The summed E-state index contributed by atoms with van der Waals surface area (Å²) in [6.07, 6.45) is 3.28. The molecule has 3 rings (SSSR count). The van der Waals surface area contributed by atoms with Gasteiger partial charge in [-0.2, -0.15) is 10.3 Å². The Hall–Kier alpha value is -2.54. The van der Waals surface area contributed by atoms with E-state index in [1.54, 1.807) is 36.7 Å². The Morgan fingerprint density at radius 2 is 2.10 bits per heavy atom. The summed E-state index contributed by atoms with van der Waals surface area (Å²) in [5.74, 6) is 0.389. The molecule has 1 aromatic carbocycles. The van der Waals surface area contributed by atoms with E-state index in [9.17, 15) is 4.79 Å². The van der Waals surface area contributed by atoms with Gasteiger partial charge in [0.15, 0.2) is 5.78 Å². The maximum absolute atomic E-state index is 12.1. The van der Waals surface area contributed by atoms with Crippen LogP contribution in [0, 0.1) is 0 Å². The van der Waals surface area contributed by atoms with Crippen LogP contribution in [0.15, 0.2) is 36.7 Å². The van der Waals surface area contributed by atoms with Crippen LogP contribution in [-0.4, -0.2) is 36.2 Å². The summed E-state index contributed by atoms with van der Waals surface area (Å²) in [5, 5.41) is 18.2. The van der Waals surface area contributed by atoms with Crippen LogP contribution in [0.5, 0.6) is 0 Å². The molecule has 0 unspecified atom stereocenters. The molecule has 0 fully saturated rings. The van der Waals surface area contributed by atoms with Crippen molar-refractivity contribution in [1.29, 1.82) is 0 Å². The molecule has 2 heterocycles. The first-order valence-corrected chi connectivity index (χ1v) is 6.15. The summed E-state index contributed by atoms with van der Waals surface area (Å²) in [4.78, 5) is 12.1. The summed E-state index contributed by atoms with van der Waals surface area (Å²) in [6, 6.07) is 6.74. The summed E-state index contributed by atoms with van der Waals surface area (Å²) < 4.78 is 1.53. The van der Waals surface area contributed by atoms with E-state index in [1.807, 2.05) is 0 Å². The maximum Gasteiger partial charge on any atom is 0.207 e. The van der Waals surface area contributed by atoms with Crippen LogP contribution in [0.25, 0.3) is 11.4 Å². The highest BCUT2D eigenvalue weighted by molar-refractivity contribution is 6.30. The van der Waals surface area contributed by atoms with E-state index in [0.29, 0.717) is 22.0 Å². The van der Waals surface area contributed by atoms with Crippen LogP contribution in [0.1, 0.15) is 10.4 Å². The Balaban J connectivity index is 1.75. The van der Waals surface area contributed by atoms with Crippen molar-refractivity contribution >= 4 is 17.4 Å². The van der Waals surface area contributed by atoms with E-state index in [4.69, 9.17) is 11.6 Å². The highest BCUT2D eigenvalue weighted by atomic mass is 35.5.